The molecule has 1 aliphatic heterocycles. The van der Waals surface area contributed by atoms with Gasteiger partial charge in [-0.2, -0.15) is 0 Å². The van der Waals surface area contributed by atoms with Gasteiger partial charge in [0.15, 0.2) is 0 Å². The van der Waals surface area contributed by atoms with Gasteiger partial charge < -0.3 is 0 Å². The van der Waals surface area contributed by atoms with E-state index < -0.39 is 0 Å². The molecule has 1 nitrogen and oxygen atoms in total. The third-order valence-corrected chi connectivity index (χ3v) is 13.7. The molecule has 0 fully saturated rings. The highest BCUT2D eigenvalue weighted by Crippen LogP contribution is 2.46. The Morgan fingerprint density at radius 2 is 1.10 bits per heavy atom. The molecule has 0 aromatic heterocycles. The normalized spacial score (nSPS) is 15.2. The van der Waals surface area contributed by atoms with Gasteiger partial charge in [-0.3, -0.25) is 0 Å². The number of hydrogen-bond acceptors (Lipinski definition) is 1. The van der Waals surface area contributed by atoms with E-state index in [1.54, 1.807) is 0 Å². The first kappa shape index (κ1) is 37.2. The SMILES string of the molecule is CC1=C(c2cccc3c4ccccc4c4ccc(-c5ccc6c(c5)-c5ccccc5CCC6c5ccc6ccccc6c5)cc4c23)N=C(c2ccccc2)C=C(c2ccccc2)C1. The van der Waals surface area contributed by atoms with Crippen LogP contribution in [0.15, 0.2) is 223 Å². The second kappa shape index (κ2) is 15.4. The quantitative estimate of drug-likeness (QED) is 0.154. The first-order chi connectivity index (χ1) is 31.1. The Bertz CT molecular complexity index is 3530. The largest absolute Gasteiger partial charge is 0.248 e. The highest BCUT2D eigenvalue weighted by atomic mass is 14.8. The van der Waals surface area contributed by atoms with E-state index in [-0.39, 0.29) is 0 Å². The zero-order chi connectivity index (χ0) is 41.9. The third kappa shape index (κ3) is 6.51. The number of benzene rings is 10. The highest BCUT2D eigenvalue weighted by Gasteiger charge is 2.25. The van der Waals surface area contributed by atoms with Crippen molar-refractivity contribution in [2.45, 2.75) is 32.1 Å². The molecule has 1 heteroatoms. The molecule has 1 unspecified atom stereocenters. The molecule has 0 bridgehead atoms. The van der Waals surface area contributed by atoms with E-state index in [1.165, 1.54) is 104 Å². The third-order valence-electron chi connectivity index (χ3n) is 13.7. The lowest BCUT2D eigenvalue weighted by Crippen LogP contribution is -2.02. The minimum Gasteiger partial charge on any atom is -0.248 e. The molecular weight excluding hydrogens is 759 g/mol. The fraction of sp³-hybridized carbons (Fsp3) is 0.0806. The zero-order valence-corrected chi connectivity index (χ0v) is 35.4. The summed E-state index contributed by atoms with van der Waals surface area (Å²) in [6.07, 6.45) is 5.23. The van der Waals surface area contributed by atoms with Crippen molar-refractivity contribution in [3.05, 3.63) is 251 Å². The fourth-order valence-corrected chi connectivity index (χ4v) is 10.6. The number of aliphatic imine (C=N–C) groups is 1. The summed E-state index contributed by atoms with van der Waals surface area (Å²) < 4.78 is 0. The van der Waals surface area contributed by atoms with Gasteiger partial charge in [-0.15, -0.1) is 0 Å². The molecular formula is C62H45N. The van der Waals surface area contributed by atoms with Crippen LogP contribution in [-0.4, -0.2) is 5.71 Å². The van der Waals surface area contributed by atoms with Crippen molar-refractivity contribution in [3.63, 3.8) is 0 Å². The molecule has 1 heterocycles. The van der Waals surface area contributed by atoms with E-state index in [2.05, 4.69) is 219 Å². The molecule has 12 rings (SSSR count). The summed E-state index contributed by atoms with van der Waals surface area (Å²) >= 11 is 0. The van der Waals surface area contributed by atoms with Crippen LogP contribution >= 0.6 is 0 Å². The number of nitrogens with zero attached hydrogens (tertiary/aromatic N) is 1. The predicted molar refractivity (Wildman–Crippen MR) is 269 cm³/mol. The van der Waals surface area contributed by atoms with Crippen LogP contribution in [0.1, 0.15) is 59.1 Å². The molecule has 298 valence electrons. The first-order valence-electron chi connectivity index (χ1n) is 22.3. The highest BCUT2D eigenvalue weighted by molar-refractivity contribution is 6.28. The molecule has 0 spiro atoms. The Morgan fingerprint density at radius 3 is 1.94 bits per heavy atom. The predicted octanol–water partition coefficient (Wildman–Crippen LogP) is 16.4. The smallest absolute Gasteiger partial charge is 0.0712 e. The monoisotopic (exact) mass is 803 g/mol. The van der Waals surface area contributed by atoms with Gasteiger partial charge in [0.2, 0.25) is 0 Å². The number of rotatable bonds is 5. The maximum Gasteiger partial charge on any atom is 0.0712 e. The summed E-state index contributed by atoms with van der Waals surface area (Å²) in [5.41, 5.74) is 17.4. The van der Waals surface area contributed by atoms with Gasteiger partial charge in [0, 0.05) is 17.0 Å². The second-order valence-corrected chi connectivity index (χ2v) is 17.4. The van der Waals surface area contributed by atoms with Gasteiger partial charge >= 0.3 is 0 Å². The van der Waals surface area contributed by atoms with Crippen LogP contribution < -0.4 is 0 Å². The van der Waals surface area contributed by atoms with Gasteiger partial charge in [0.25, 0.3) is 0 Å². The van der Waals surface area contributed by atoms with Crippen LogP contribution in [0.5, 0.6) is 0 Å². The second-order valence-electron chi connectivity index (χ2n) is 17.4. The first-order valence-corrected chi connectivity index (χ1v) is 22.3. The molecule has 2 aliphatic rings. The molecule has 0 N–H and O–H groups in total. The van der Waals surface area contributed by atoms with E-state index in [4.69, 9.17) is 4.99 Å². The number of allylic oxidation sites excluding steroid dienone is 3. The van der Waals surface area contributed by atoms with Crippen molar-refractivity contribution in [1.29, 1.82) is 0 Å². The van der Waals surface area contributed by atoms with Crippen LogP contribution in [0.3, 0.4) is 0 Å². The molecule has 10 aromatic carbocycles. The summed E-state index contributed by atoms with van der Waals surface area (Å²) in [6, 6.07) is 76.5. The van der Waals surface area contributed by atoms with Crippen molar-refractivity contribution in [1.82, 2.24) is 0 Å². The van der Waals surface area contributed by atoms with Crippen molar-refractivity contribution < 1.29 is 0 Å². The Morgan fingerprint density at radius 1 is 0.444 bits per heavy atom. The van der Waals surface area contributed by atoms with E-state index in [9.17, 15) is 0 Å². The van der Waals surface area contributed by atoms with Crippen molar-refractivity contribution in [3.8, 4) is 22.3 Å². The summed E-state index contributed by atoms with van der Waals surface area (Å²) in [6.45, 7) is 2.27. The van der Waals surface area contributed by atoms with Gasteiger partial charge in [-0.1, -0.05) is 194 Å². The Hall–Kier alpha value is -7.61. The topological polar surface area (TPSA) is 12.4 Å². The molecule has 1 aliphatic carbocycles. The van der Waals surface area contributed by atoms with Gasteiger partial charge in [0.1, 0.15) is 0 Å². The minimum atomic E-state index is 0.301. The van der Waals surface area contributed by atoms with E-state index in [0.29, 0.717) is 5.92 Å². The van der Waals surface area contributed by atoms with E-state index in [0.717, 1.165) is 36.2 Å². The van der Waals surface area contributed by atoms with Crippen LogP contribution in [0.25, 0.3) is 76.6 Å². The van der Waals surface area contributed by atoms with Crippen molar-refractivity contribution >= 4 is 60.1 Å². The summed E-state index contributed by atoms with van der Waals surface area (Å²) in [4.78, 5) is 5.64. The van der Waals surface area contributed by atoms with Gasteiger partial charge in [-0.05, 0) is 143 Å². The molecule has 63 heavy (non-hydrogen) atoms. The molecule has 1 atom stereocenters. The fourth-order valence-electron chi connectivity index (χ4n) is 10.6. The van der Waals surface area contributed by atoms with Crippen LogP contribution in [-0.2, 0) is 6.42 Å². The molecule has 0 saturated carbocycles. The van der Waals surface area contributed by atoms with Crippen LogP contribution in [0.4, 0.5) is 0 Å². The minimum absolute atomic E-state index is 0.301. The van der Waals surface area contributed by atoms with E-state index >= 15 is 0 Å². The number of hydrogen-bond donors (Lipinski definition) is 0. The van der Waals surface area contributed by atoms with Crippen molar-refractivity contribution in [2.24, 2.45) is 4.99 Å². The standard InChI is InChI=1S/C62H45N/c1-40-35-49(41-15-4-2-5-16-41)39-60(44-19-6-3-7-20-44)63-62(40)57-26-14-25-56-53-24-13-12-23-52(53)55-34-31-47(38-59(55)61(56)57)46-30-33-54-51(48-28-27-42-17-8-9-21-45(42)36-48)32-29-43-18-10-11-22-50(43)58(54)37-46/h2-28,30-31,33-34,36-39,51H,29,32,35H2,1H3. The van der Waals surface area contributed by atoms with Crippen LogP contribution in [0.2, 0.25) is 0 Å². The molecule has 0 amide bonds. The maximum atomic E-state index is 5.64. The van der Waals surface area contributed by atoms with Crippen LogP contribution in [0, 0.1) is 0 Å². The van der Waals surface area contributed by atoms with E-state index in [1.807, 2.05) is 0 Å². The lowest BCUT2D eigenvalue weighted by Gasteiger charge is -2.20. The summed E-state index contributed by atoms with van der Waals surface area (Å²) in [5, 5.41) is 10.1. The number of aryl methyl sites for hydroxylation is 1. The van der Waals surface area contributed by atoms with Gasteiger partial charge in [0.05, 0.1) is 11.4 Å². The summed E-state index contributed by atoms with van der Waals surface area (Å²) in [7, 11) is 0. The van der Waals surface area contributed by atoms with Crippen molar-refractivity contribution in [2.75, 3.05) is 0 Å². The lowest BCUT2D eigenvalue weighted by atomic mass is 9.83. The Kier molecular flexibility index (Phi) is 9.08. The Labute approximate surface area is 369 Å². The molecule has 0 radical (unpaired) electrons. The summed E-state index contributed by atoms with van der Waals surface area (Å²) in [5.74, 6) is 0.301. The maximum absolute atomic E-state index is 5.64. The van der Waals surface area contributed by atoms with Gasteiger partial charge in [-0.25, -0.2) is 4.99 Å². The number of fused-ring (bicyclic) bond motifs is 10. The Balaban J connectivity index is 1.07. The molecule has 10 aromatic rings. The average molecular weight is 804 g/mol. The zero-order valence-electron chi connectivity index (χ0n) is 35.4. The molecule has 0 saturated heterocycles. The lowest BCUT2D eigenvalue weighted by molar-refractivity contribution is 0.727. The average Bonchev–Trinajstić information content (AvgIpc) is 3.63.